The van der Waals surface area contributed by atoms with Crippen LogP contribution in [-0.2, 0) is 10.0 Å². The van der Waals surface area contributed by atoms with E-state index in [1.54, 1.807) is 22.7 Å². The zero-order valence-electron chi connectivity index (χ0n) is 13.5. The smallest absolute Gasteiger partial charge is 0.253 e. The Morgan fingerprint density at radius 2 is 1.72 bits per heavy atom. The number of halogens is 1. The molecule has 0 aliphatic carbocycles. The molecule has 2 aromatic rings. The van der Waals surface area contributed by atoms with Crippen molar-refractivity contribution in [3.63, 3.8) is 0 Å². The van der Waals surface area contributed by atoms with Gasteiger partial charge in [-0.2, -0.15) is 4.31 Å². The van der Waals surface area contributed by atoms with E-state index in [0.717, 1.165) is 16.2 Å². The van der Waals surface area contributed by atoms with Crippen LogP contribution < -0.4 is 0 Å². The molecule has 1 aromatic carbocycles. The van der Waals surface area contributed by atoms with Gasteiger partial charge >= 0.3 is 0 Å². The second kappa shape index (κ2) is 7.67. The number of piperazine rings is 1. The molecule has 1 aliphatic heterocycles. The van der Waals surface area contributed by atoms with Crippen LogP contribution in [-0.4, -0.2) is 56.0 Å². The van der Waals surface area contributed by atoms with Gasteiger partial charge in [-0.25, -0.2) is 8.42 Å². The van der Waals surface area contributed by atoms with Crippen molar-refractivity contribution in [1.29, 1.82) is 0 Å². The van der Waals surface area contributed by atoms with Crippen molar-refractivity contribution >= 4 is 50.6 Å². The standard InChI is InChI=1S/C16H17ClN2O3S3/c1-23-13-4-2-12(3-5-13)16(20)18-8-10-19(11-9-18)25(21,22)15-7-6-14(17)24-15/h2-7H,8-11H2,1H3. The normalized spacial score (nSPS) is 16.2. The van der Waals surface area contributed by atoms with Crippen LogP contribution in [0.4, 0.5) is 0 Å². The van der Waals surface area contributed by atoms with Crippen molar-refractivity contribution < 1.29 is 13.2 Å². The first-order valence-corrected chi connectivity index (χ1v) is 11.5. The summed E-state index contributed by atoms with van der Waals surface area (Å²) in [6.07, 6.45) is 1.98. The van der Waals surface area contributed by atoms with Crippen molar-refractivity contribution in [2.75, 3.05) is 32.4 Å². The summed E-state index contributed by atoms with van der Waals surface area (Å²) in [7, 11) is -3.54. The summed E-state index contributed by atoms with van der Waals surface area (Å²) in [4.78, 5) is 15.4. The Morgan fingerprint density at radius 3 is 2.24 bits per heavy atom. The quantitative estimate of drug-likeness (QED) is 0.718. The van der Waals surface area contributed by atoms with Crippen LogP contribution in [0, 0.1) is 0 Å². The number of thioether (sulfide) groups is 1. The third-order valence-corrected chi connectivity index (χ3v) is 8.35. The molecule has 0 atom stereocenters. The summed E-state index contributed by atoms with van der Waals surface area (Å²) in [5, 5.41) is 0. The second-order valence-corrected chi connectivity index (χ2v) is 10.2. The molecule has 1 aliphatic rings. The van der Waals surface area contributed by atoms with Gasteiger partial charge in [0.05, 0.1) is 4.34 Å². The van der Waals surface area contributed by atoms with E-state index in [1.165, 1.54) is 10.4 Å². The summed E-state index contributed by atoms with van der Waals surface area (Å²) in [5.74, 6) is -0.0659. The van der Waals surface area contributed by atoms with Crippen LogP contribution in [0.15, 0.2) is 45.5 Å². The molecule has 1 amide bonds. The number of hydrogen-bond donors (Lipinski definition) is 0. The Labute approximate surface area is 160 Å². The molecule has 3 rings (SSSR count). The Bertz CT molecular complexity index is 857. The molecule has 1 aromatic heterocycles. The Hall–Kier alpha value is -1.06. The van der Waals surface area contributed by atoms with E-state index in [2.05, 4.69) is 0 Å². The zero-order chi connectivity index (χ0) is 18.0. The second-order valence-electron chi connectivity index (χ2n) is 5.48. The lowest BCUT2D eigenvalue weighted by Gasteiger charge is -2.33. The topological polar surface area (TPSA) is 57.7 Å². The fraction of sp³-hybridized carbons (Fsp3) is 0.312. The maximum absolute atomic E-state index is 12.6. The number of carbonyl (C=O) groups excluding carboxylic acids is 1. The number of sulfonamides is 1. The van der Waals surface area contributed by atoms with E-state index in [-0.39, 0.29) is 23.2 Å². The molecule has 9 heteroatoms. The SMILES string of the molecule is CSc1ccc(C(=O)N2CCN(S(=O)(=O)c3ccc(Cl)s3)CC2)cc1. The van der Waals surface area contributed by atoms with Crippen molar-refractivity contribution in [2.45, 2.75) is 9.10 Å². The Morgan fingerprint density at radius 1 is 1.08 bits per heavy atom. The van der Waals surface area contributed by atoms with Crippen LogP contribution in [0.2, 0.25) is 4.34 Å². The third-order valence-electron chi connectivity index (χ3n) is 4.01. The zero-order valence-corrected chi connectivity index (χ0v) is 16.7. The molecule has 0 N–H and O–H groups in total. The highest BCUT2D eigenvalue weighted by Gasteiger charge is 2.31. The van der Waals surface area contributed by atoms with Gasteiger partial charge in [-0.15, -0.1) is 23.1 Å². The molecule has 0 spiro atoms. The number of rotatable bonds is 4. The predicted molar refractivity (Wildman–Crippen MR) is 102 cm³/mol. The van der Waals surface area contributed by atoms with Crippen molar-refractivity contribution in [2.24, 2.45) is 0 Å². The Balaban J connectivity index is 1.66. The van der Waals surface area contributed by atoms with E-state index in [9.17, 15) is 13.2 Å². The number of thiophene rings is 1. The van der Waals surface area contributed by atoms with Crippen molar-refractivity contribution in [3.8, 4) is 0 Å². The Kier molecular flexibility index (Phi) is 5.75. The van der Waals surface area contributed by atoms with Gasteiger partial charge in [0.1, 0.15) is 4.21 Å². The molecule has 134 valence electrons. The summed E-state index contributed by atoms with van der Waals surface area (Å²) in [6, 6.07) is 10.6. The summed E-state index contributed by atoms with van der Waals surface area (Å²) in [6.45, 7) is 1.32. The van der Waals surface area contributed by atoms with Gasteiger partial charge in [-0.1, -0.05) is 11.6 Å². The summed E-state index contributed by atoms with van der Waals surface area (Å²) >= 11 is 8.51. The van der Waals surface area contributed by atoms with Crippen LogP contribution in [0.1, 0.15) is 10.4 Å². The minimum absolute atomic E-state index is 0.0659. The monoisotopic (exact) mass is 416 g/mol. The largest absolute Gasteiger partial charge is 0.336 e. The maximum atomic E-state index is 12.6. The lowest BCUT2D eigenvalue weighted by Crippen LogP contribution is -2.50. The number of amides is 1. The summed E-state index contributed by atoms with van der Waals surface area (Å²) in [5.41, 5.74) is 0.624. The van der Waals surface area contributed by atoms with Crippen molar-refractivity contribution in [3.05, 3.63) is 46.3 Å². The number of hydrogen-bond acceptors (Lipinski definition) is 5. The van der Waals surface area contributed by atoms with Gasteiger partial charge in [0, 0.05) is 36.6 Å². The third kappa shape index (κ3) is 4.03. The molecule has 0 bridgehead atoms. The predicted octanol–water partition coefficient (Wildman–Crippen LogP) is 3.27. The van der Waals surface area contributed by atoms with Crippen molar-refractivity contribution in [1.82, 2.24) is 9.21 Å². The number of nitrogens with zero attached hydrogens (tertiary/aromatic N) is 2. The van der Waals surface area contributed by atoms with Crippen LogP contribution in [0.25, 0.3) is 0 Å². The average molecular weight is 417 g/mol. The van der Waals surface area contributed by atoms with E-state index >= 15 is 0 Å². The fourth-order valence-corrected chi connectivity index (χ4v) is 6.08. The fourth-order valence-electron chi connectivity index (χ4n) is 2.61. The van der Waals surface area contributed by atoms with Gasteiger partial charge in [-0.05, 0) is 42.7 Å². The van der Waals surface area contributed by atoms with E-state index in [4.69, 9.17) is 11.6 Å². The summed E-state index contributed by atoms with van der Waals surface area (Å²) < 4.78 is 27.3. The van der Waals surface area contributed by atoms with Gasteiger partial charge in [0.2, 0.25) is 0 Å². The first-order chi connectivity index (χ1) is 11.9. The first-order valence-electron chi connectivity index (χ1n) is 7.60. The van der Waals surface area contributed by atoms with E-state index in [1.807, 2.05) is 30.5 Å². The van der Waals surface area contributed by atoms with Crippen LogP contribution in [0.3, 0.4) is 0 Å². The van der Waals surface area contributed by atoms with Gasteiger partial charge in [-0.3, -0.25) is 4.79 Å². The molecule has 0 saturated carbocycles. The molecule has 1 saturated heterocycles. The molecule has 0 unspecified atom stereocenters. The molecular weight excluding hydrogens is 400 g/mol. The van der Waals surface area contributed by atoms with Gasteiger partial charge in [0.15, 0.2) is 0 Å². The molecule has 1 fully saturated rings. The number of carbonyl (C=O) groups is 1. The molecular formula is C16H17ClN2O3S3. The van der Waals surface area contributed by atoms with E-state index < -0.39 is 10.0 Å². The van der Waals surface area contributed by atoms with Crippen LogP contribution >= 0.6 is 34.7 Å². The average Bonchev–Trinajstić information content (AvgIpc) is 3.08. The highest BCUT2D eigenvalue weighted by atomic mass is 35.5. The molecule has 2 heterocycles. The van der Waals surface area contributed by atoms with Gasteiger partial charge in [0.25, 0.3) is 15.9 Å². The van der Waals surface area contributed by atoms with E-state index in [0.29, 0.717) is 23.0 Å². The minimum Gasteiger partial charge on any atom is -0.336 e. The lowest BCUT2D eigenvalue weighted by atomic mass is 10.2. The van der Waals surface area contributed by atoms with Gasteiger partial charge < -0.3 is 4.90 Å². The first kappa shape index (κ1) is 18.7. The minimum atomic E-state index is -3.54. The highest BCUT2D eigenvalue weighted by Crippen LogP contribution is 2.28. The van der Waals surface area contributed by atoms with Crippen LogP contribution in [0.5, 0.6) is 0 Å². The highest BCUT2D eigenvalue weighted by molar-refractivity contribution is 7.98. The maximum Gasteiger partial charge on any atom is 0.253 e. The number of benzene rings is 1. The molecule has 0 radical (unpaired) electrons. The lowest BCUT2D eigenvalue weighted by molar-refractivity contribution is 0.0698. The molecule has 25 heavy (non-hydrogen) atoms. The molecule has 5 nitrogen and oxygen atoms in total.